The lowest BCUT2D eigenvalue weighted by molar-refractivity contribution is -0.117. The minimum Gasteiger partial charge on any atom is -0.325 e. The highest BCUT2D eigenvalue weighted by molar-refractivity contribution is 9.11. The summed E-state index contributed by atoms with van der Waals surface area (Å²) in [6, 6.07) is 12.0. The van der Waals surface area contributed by atoms with Gasteiger partial charge >= 0.3 is 0 Å². The van der Waals surface area contributed by atoms with Crippen molar-refractivity contribution >= 4 is 55.0 Å². The molecule has 2 aromatic rings. The van der Waals surface area contributed by atoms with E-state index in [2.05, 4.69) is 56.3 Å². The highest BCUT2D eigenvalue weighted by Crippen LogP contribution is 2.37. The van der Waals surface area contributed by atoms with Crippen molar-refractivity contribution in [3.8, 4) is 0 Å². The first-order valence-corrected chi connectivity index (χ1v) is 11.5. The van der Waals surface area contributed by atoms with Crippen LogP contribution in [0, 0.1) is 0 Å². The second-order valence-electron chi connectivity index (χ2n) is 7.61. The summed E-state index contributed by atoms with van der Waals surface area (Å²) in [6.45, 7) is 8.28. The molecule has 0 bridgehead atoms. The zero-order valence-electron chi connectivity index (χ0n) is 17.4. The number of carbonyl (C=O) groups is 2. The molecule has 0 atom stereocenters. The molecule has 0 aliphatic heterocycles. The summed E-state index contributed by atoms with van der Waals surface area (Å²) >= 11 is 7.18. The fraction of sp³-hybridized carbons (Fsp3) is 0.391. The molecular formula is C23H28Br2N2O2. The van der Waals surface area contributed by atoms with Crippen LogP contribution in [0.25, 0.3) is 0 Å². The van der Waals surface area contributed by atoms with Crippen molar-refractivity contribution in [3.05, 3.63) is 56.5 Å². The van der Waals surface area contributed by atoms with Gasteiger partial charge in [0.1, 0.15) is 0 Å². The topological polar surface area (TPSA) is 58.2 Å². The SMILES string of the molecule is CCCC(=O)Nc1ccc(C(C)(C)c2ccc(NC(=O)CCC)c(Br)c2)cc1Br. The number of halogens is 2. The molecule has 2 N–H and O–H groups in total. The van der Waals surface area contributed by atoms with Crippen molar-refractivity contribution in [2.24, 2.45) is 0 Å². The van der Waals surface area contributed by atoms with Gasteiger partial charge in [0, 0.05) is 27.2 Å². The van der Waals surface area contributed by atoms with Crippen LogP contribution in [0.1, 0.15) is 64.5 Å². The largest absolute Gasteiger partial charge is 0.325 e. The molecule has 2 rings (SSSR count). The van der Waals surface area contributed by atoms with Gasteiger partial charge in [-0.05, 0) is 80.1 Å². The zero-order valence-corrected chi connectivity index (χ0v) is 20.5. The van der Waals surface area contributed by atoms with E-state index >= 15 is 0 Å². The van der Waals surface area contributed by atoms with Gasteiger partial charge in [-0.1, -0.05) is 39.8 Å². The molecule has 0 unspecified atom stereocenters. The standard InChI is InChI=1S/C23H28Br2N2O2/c1-5-7-21(28)26-19-11-9-15(13-17(19)24)23(3,4)16-10-12-20(18(25)14-16)27-22(29)8-6-2/h9-14H,5-8H2,1-4H3,(H,26,28)(H,27,29). The van der Waals surface area contributed by atoms with Crippen molar-refractivity contribution in [1.82, 2.24) is 0 Å². The van der Waals surface area contributed by atoms with Crippen LogP contribution in [0.4, 0.5) is 11.4 Å². The third-order valence-electron chi connectivity index (χ3n) is 4.88. The number of hydrogen-bond donors (Lipinski definition) is 2. The lowest BCUT2D eigenvalue weighted by Crippen LogP contribution is -2.20. The number of hydrogen-bond acceptors (Lipinski definition) is 2. The minimum atomic E-state index is -0.261. The fourth-order valence-corrected chi connectivity index (χ4v) is 4.01. The third-order valence-corrected chi connectivity index (χ3v) is 6.20. The van der Waals surface area contributed by atoms with Crippen LogP contribution in [0.2, 0.25) is 0 Å². The smallest absolute Gasteiger partial charge is 0.224 e. The van der Waals surface area contributed by atoms with Crippen LogP contribution in [-0.4, -0.2) is 11.8 Å². The molecular weight excluding hydrogens is 496 g/mol. The van der Waals surface area contributed by atoms with Crippen LogP contribution in [0.5, 0.6) is 0 Å². The summed E-state index contributed by atoms with van der Waals surface area (Å²) in [7, 11) is 0. The number of carbonyl (C=O) groups excluding carboxylic acids is 2. The first-order valence-electron chi connectivity index (χ1n) is 9.88. The number of benzene rings is 2. The third kappa shape index (κ3) is 6.16. The van der Waals surface area contributed by atoms with Crippen LogP contribution in [0.3, 0.4) is 0 Å². The molecule has 0 fully saturated rings. The van der Waals surface area contributed by atoms with E-state index in [-0.39, 0.29) is 17.2 Å². The Bertz CT molecular complexity index is 823. The van der Waals surface area contributed by atoms with Crippen molar-refractivity contribution in [1.29, 1.82) is 0 Å². The molecule has 0 aliphatic carbocycles. The molecule has 156 valence electrons. The molecule has 4 nitrogen and oxygen atoms in total. The number of anilines is 2. The van der Waals surface area contributed by atoms with Gasteiger partial charge in [0.15, 0.2) is 0 Å². The highest BCUT2D eigenvalue weighted by atomic mass is 79.9. The predicted molar refractivity (Wildman–Crippen MR) is 127 cm³/mol. The molecule has 0 spiro atoms. The zero-order chi connectivity index (χ0) is 21.6. The molecule has 0 aromatic heterocycles. The second-order valence-corrected chi connectivity index (χ2v) is 9.32. The van der Waals surface area contributed by atoms with Crippen molar-refractivity contribution in [2.45, 2.75) is 58.8 Å². The normalized spacial score (nSPS) is 11.2. The summed E-state index contributed by atoms with van der Waals surface area (Å²) in [6.07, 6.45) is 2.65. The van der Waals surface area contributed by atoms with Crippen molar-refractivity contribution in [3.63, 3.8) is 0 Å². The molecule has 0 saturated heterocycles. The second kappa shape index (κ2) is 10.4. The van der Waals surface area contributed by atoms with Gasteiger partial charge in [0.25, 0.3) is 0 Å². The van der Waals surface area contributed by atoms with Gasteiger partial charge in [0.2, 0.25) is 11.8 Å². The first kappa shape index (κ1) is 23.6. The maximum absolute atomic E-state index is 11.9. The average molecular weight is 524 g/mol. The lowest BCUT2D eigenvalue weighted by atomic mass is 9.78. The summed E-state index contributed by atoms with van der Waals surface area (Å²) in [5, 5.41) is 5.88. The van der Waals surface area contributed by atoms with E-state index in [0.29, 0.717) is 12.8 Å². The quantitative estimate of drug-likeness (QED) is 0.390. The molecule has 6 heteroatoms. The van der Waals surface area contributed by atoms with Crippen LogP contribution >= 0.6 is 31.9 Å². The molecule has 0 radical (unpaired) electrons. The van der Waals surface area contributed by atoms with E-state index in [4.69, 9.17) is 0 Å². The van der Waals surface area contributed by atoms with Crippen LogP contribution < -0.4 is 10.6 Å². The Kier molecular flexibility index (Phi) is 8.46. The Morgan fingerprint density at radius 1 is 0.793 bits per heavy atom. The molecule has 29 heavy (non-hydrogen) atoms. The van der Waals surface area contributed by atoms with E-state index in [1.54, 1.807) is 0 Å². The monoisotopic (exact) mass is 522 g/mol. The molecule has 0 aliphatic rings. The highest BCUT2D eigenvalue weighted by Gasteiger charge is 2.25. The Hall–Kier alpha value is -1.66. The number of rotatable bonds is 8. The summed E-state index contributed by atoms with van der Waals surface area (Å²) in [5.41, 5.74) is 3.53. The average Bonchev–Trinajstić information content (AvgIpc) is 2.65. The van der Waals surface area contributed by atoms with E-state index in [0.717, 1.165) is 44.3 Å². The maximum atomic E-state index is 11.9. The first-order chi connectivity index (χ1) is 13.7. The molecule has 0 heterocycles. The molecule has 2 amide bonds. The van der Waals surface area contributed by atoms with Gasteiger partial charge in [-0.3, -0.25) is 9.59 Å². The van der Waals surface area contributed by atoms with Gasteiger partial charge in [-0.15, -0.1) is 0 Å². The summed E-state index contributed by atoms with van der Waals surface area (Å²) in [5.74, 6) is 0.0368. The Balaban J connectivity index is 2.25. The Labute approximate surface area is 190 Å². The van der Waals surface area contributed by atoms with E-state index in [1.165, 1.54) is 0 Å². The lowest BCUT2D eigenvalue weighted by Gasteiger charge is -2.27. The van der Waals surface area contributed by atoms with E-state index in [9.17, 15) is 9.59 Å². The Morgan fingerprint density at radius 3 is 1.48 bits per heavy atom. The van der Waals surface area contributed by atoms with E-state index < -0.39 is 0 Å². The fourth-order valence-electron chi connectivity index (χ4n) is 3.06. The molecule has 2 aromatic carbocycles. The molecule has 0 saturated carbocycles. The van der Waals surface area contributed by atoms with Crippen LogP contribution in [0.15, 0.2) is 45.3 Å². The van der Waals surface area contributed by atoms with Gasteiger partial charge in [0.05, 0.1) is 11.4 Å². The number of nitrogens with one attached hydrogen (secondary N) is 2. The van der Waals surface area contributed by atoms with Crippen molar-refractivity contribution in [2.75, 3.05) is 10.6 Å². The predicted octanol–water partition coefficient (Wildman–Crippen LogP) is 7.01. The summed E-state index contributed by atoms with van der Waals surface area (Å²) in [4.78, 5) is 23.8. The maximum Gasteiger partial charge on any atom is 0.224 e. The summed E-state index contributed by atoms with van der Waals surface area (Å²) < 4.78 is 1.71. The minimum absolute atomic E-state index is 0.0184. The van der Waals surface area contributed by atoms with E-state index in [1.807, 2.05) is 50.2 Å². The van der Waals surface area contributed by atoms with Gasteiger partial charge in [-0.25, -0.2) is 0 Å². The van der Waals surface area contributed by atoms with Gasteiger partial charge < -0.3 is 10.6 Å². The van der Waals surface area contributed by atoms with Gasteiger partial charge in [-0.2, -0.15) is 0 Å². The Morgan fingerprint density at radius 2 is 1.17 bits per heavy atom. The van der Waals surface area contributed by atoms with Crippen molar-refractivity contribution < 1.29 is 9.59 Å². The number of amides is 2. The van der Waals surface area contributed by atoms with Crippen LogP contribution in [-0.2, 0) is 15.0 Å².